The summed E-state index contributed by atoms with van der Waals surface area (Å²) in [6.07, 6.45) is 0.649. The van der Waals surface area contributed by atoms with Gasteiger partial charge in [0.25, 0.3) is 5.56 Å². The van der Waals surface area contributed by atoms with Crippen molar-refractivity contribution in [2.24, 2.45) is 5.92 Å². The molecule has 1 fully saturated rings. The highest BCUT2D eigenvalue weighted by molar-refractivity contribution is 5.17. The molecule has 2 aliphatic rings. The zero-order chi connectivity index (χ0) is 17.9. The first-order valence-electron chi connectivity index (χ1n) is 9.41. The van der Waals surface area contributed by atoms with E-state index in [9.17, 15) is 9.90 Å². The van der Waals surface area contributed by atoms with Crippen molar-refractivity contribution in [3.05, 3.63) is 70.1 Å². The highest BCUT2D eigenvalue weighted by atomic mass is 16.5. The predicted molar refractivity (Wildman–Crippen MR) is 100 cm³/mol. The van der Waals surface area contributed by atoms with Gasteiger partial charge in [0.1, 0.15) is 0 Å². The standard InChI is InChI=1S/C21H26N2O3/c24-19(15-26-14-16-5-2-1-3-6-16)13-22-10-17-9-18(12-22)20-7-4-8-21(25)23(20)11-17/h1-8,17-19,24H,9-15H2/t17-,18-,19-/m1/s1. The van der Waals surface area contributed by atoms with E-state index in [0.29, 0.717) is 31.6 Å². The van der Waals surface area contributed by atoms with Crippen molar-refractivity contribution in [3.63, 3.8) is 0 Å². The van der Waals surface area contributed by atoms with Gasteiger partial charge in [-0.2, -0.15) is 0 Å². The van der Waals surface area contributed by atoms with Gasteiger partial charge in [0.05, 0.1) is 19.3 Å². The summed E-state index contributed by atoms with van der Waals surface area (Å²) >= 11 is 0. The van der Waals surface area contributed by atoms with Crippen LogP contribution in [-0.4, -0.2) is 46.9 Å². The Hall–Kier alpha value is -1.95. The Morgan fingerprint density at radius 3 is 2.77 bits per heavy atom. The van der Waals surface area contributed by atoms with E-state index in [1.807, 2.05) is 41.0 Å². The van der Waals surface area contributed by atoms with E-state index in [1.165, 1.54) is 0 Å². The minimum absolute atomic E-state index is 0.111. The van der Waals surface area contributed by atoms with Gasteiger partial charge in [-0.25, -0.2) is 0 Å². The molecule has 1 aromatic carbocycles. The van der Waals surface area contributed by atoms with E-state index in [1.54, 1.807) is 6.07 Å². The van der Waals surface area contributed by atoms with Gasteiger partial charge in [-0.15, -0.1) is 0 Å². The number of aromatic nitrogens is 1. The Morgan fingerprint density at radius 1 is 1.08 bits per heavy atom. The fraction of sp³-hybridized carbons (Fsp3) is 0.476. The topological polar surface area (TPSA) is 54.7 Å². The molecule has 0 radical (unpaired) electrons. The van der Waals surface area contributed by atoms with Crippen LogP contribution in [0.2, 0.25) is 0 Å². The molecular formula is C21H26N2O3. The molecule has 0 aliphatic carbocycles. The first-order chi connectivity index (χ1) is 12.7. The number of nitrogens with zero attached hydrogens (tertiary/aromatic N) is 2. The van der Waals surface area contributed by atoms with Crippen LogP contribution in [0, 0.1) is 5.92 Å². The summed E-state index contributed by atoms with van der Waals surface area (Å²) in [6.45, 7) is 4.13. The van der Waals surface area contributed by atoms with Gasteiger partial charge >= 0.3 is 0 Å². The Labute approximate surface area is 153 Å². The molecule has 5 nitrogen and oxygen atoms in total. The fourth-order valence-electron chi connectivity index (χ4n) is 4.38. The summed E-state index contributed by atoms with van der Waals surface area (Å²) in [5.41, 5.74) is 2.38. The molecule has 0 spiro atoms. The van der Waals surface area contributed by atoms with Crippen molar-refractivity contribution in [2.45, 2.75) is 31.6 Å². The number of ether oxygens (including phenoxy) is 1. The van der Waals surface area contributed by atoms with Crippen molar-refractivity contribution in [1.82, 2.24) is 9.47 Å². The normalized spacial score (nSPS) is 23.4. The van der Waals surface area contributed by atoms with Crippen LogP contribution >= 0.6 is 0 Å². The second-order valence-corrected chi connectivity index (χ2v) is 7.57. The third-order valence-corrected chi connectivity index (χ3v) is 5.45. The quantitative estimate of drug-likeness (QED) is 0.860. The number of fused-ring (bicyclic) bond motifs is 4. The zero-order valence-electron chi connectivity index (χ0n) is 15.0. The highest BCUT2D eigenvalue weighted by Crippen LogP contribution is 2.34. The first-order valence-corrected chi connectivity index (χ1v) is 9.41. The van der Waals surface area contributed by atoms with Crippen molar-refractivity contribution in [1.29, 1.82) is 0 Å². The third-order valence-electron chi connectivity index (χ3n) is 5.45. The van der Waals surface area contributed by atoms with E-state index >= 15 is 0 Å². The van der Waals surface area contributed by atoms with E-state index in [-0.39, 0.29) is 5.56 Å². The summed E-state index contributed by atoms with van der Waals surface area (Å²) in [4.78, 5) is 14.4. The minimum atomic E-state index is -0.490. The number of hydrogen-bond acceptors (Lipinski definition) is 4. The van der Waals surface area contributed by atoms with Crippen molar-refractivity contribution in [2.75, 3.05) is 26.2 Å². The molecule has 138 valence electrons. The van der Waals surface area contributed by atoms with Gasteiger partial charge in [-0.3, -0.25) is 9.69 Å². The van der Waals surface area contributed by atoms with Crippen molar-refractivity contribution in [3.8, 4) is 0 Å². The number of hydrogen-bond donors (Lipinski definition) is 1. The van der Waals surface area contributed by atoms with Gasteiger partial charge in [0.2, 0.25) is 0 Å². The smallest absolute Gasteiger partial charge is 0.250 e. The Kier molecular flexibility index (Phi) is 5.20. The average molecular weight is 354 g/mol. The van der Waals surface area contributed by atoms with Crippen LogP contribution in [0.15, 0.2) is 53.3 Å². The van der Waals surface area contributed by atoms with Gasteiger partial charge in [-0.1, -0.05) is 36.4 Å². The predicted octanol–water partition coefficient (Wildman–Crippen LogP) is 1.85. The lowest BCUT2D eigenvalue weighted by molar-refractivity contribution is -0.00248. The molecular weight excluding hydrogens is 328 g/mol. The molecule has 5 heteroatoms. The van der Waals surface area contributed by atoms with Crippen molar-refractivity contribution >= 4 is 0 Å². The van der Waals surface area contributed by atoms with Crippen LogP contribution in [-0.2, 0) is 17.9 Å². The number of β-amino-alcohol motifs (C(OH)–C–C–N with tert-alkyl or cyclic N) is 1. The zero-order valence-corrected chi connectivity index (χ0v) is 15.0. The van der Waals surface area contributed by atoms with Crippen LogP contribution in [0.5, 0.6) is 0 Å². The maximum Gasteiger partial charge on any atom is 0.250 e. The second kappa shape index (κ2) is 7.74. The molecule has 2 aliphatic heterocycles. The molecule has 0 saturated carbocycles. The van der Waals surface area contributed by atoms with E-state index in [4.69, 9.17) is 4.74 Å². The summed E-state index contributed by atoms with van der Waals surface area (Å²) in [5, 5.41) is 10.4. The molecule has 0 unspecified atom stereocenters. The molecule has 4 rings (SSSR count). The number of likely N-dealkylation sites (tertiary alicyclic amines) is 1. The van der Waals surface area contributed by atoms with Gasteiger partial charge in [0, 0.05) is 43.9 Å². The van der Waals surface area contributed by atoms with Gasteiger partial charge in [0.15, 0.2) is 0 Å². The van der Waals surface area contributed by atoms with Crippen molar-refractivity contribution < 1.29 is 9.84 Å². The number of pyridine rings is 1. The van der Waals surface area contributed by atoms with Crippen LogP contribution in [0.25, 0.3) is 0 Å². The molecule has 1 N–H and O–H groups in total. The lowest BCUT2D eigenvalue weighted by Crippen LogP contribution is -2.49. The van der Waals surface area contributed by atoms with Crippen LogP contribution in [0.1, 0.15) is 23.6 Å². The molecule has 0 amide bonds. The minimum Gasteiger partial charge on any atom is -0.389 e. The highest BCUT2D eigenvalue weighted by Gasteiger charge is 2.34. The maximum atomic E-state index is 12.1. The van der Waals surface area contributed by atoms with Gasteiger partial charge in [-0.05, 0) is 24.0 Å². The third kappa shape index (κ3) is 3.90. The van der Waals surface area contributed by atoms with E-state index in [2.05, 4.69) is 11.0 Å². The van der Waals surface area contributed by atoms with Gasteiger partial charge < -0.3 is 14.4 Å². The first kappa shape index (κ1) is 17.5. The maximum absolute atomic E-state index is 12.1. The number of rotatable bonds is 6. The number of aliphatic hydroxyl groups is 1. The molecule has 26 heavy (non-hydrogen) atoms. The number of aliphatic hydroxyl groups excluding tert-OH is 1. The summed E-state index contributed by atoms with van der Waals surface area (Å²) in [5.74, 6) is 0.868. The lowest BCUT2D eigenvalue weighted by atomic mass is 9.83. The molecule has 2 aromatic rings. The van der Waals surface area contributed by atoms with E-state index < -0.39 is 6.10 Å². The van der Waals surface area contributed by atoms with Crippen LogP contribution in [0.3, 0.4) is 0 Å². The SMILES string of the molecule is O=c1cccc2n1C[C@@H]1C[C@@H]2CN(C[C@@H](O)COCc2ccccc2)C1. The number of benzene rings is 1. The Bertz CT molecular complexity index is 789. The monoisotopic (exact) mass is 354 g/mol. The molecule has 3 heterocycles. The molecule has 3 atom stereocenters. The summed E-state index contributed by atoms with van der Waals surface area (Å²) < 4.78 is 7.61. The molecule has 2 bridgehead atoms. The average Bonchev–Trinajstić information content (AvgIpc) is 2.63. The fourth-order valence-corrected chi connectivity index (χ4v) is 4.38. The largest absolute Gasteiger partial charge is 0.389 e. The Morgan fingerprint density at radius 2 is 1.92 bits per heavy atom. The van der Waals surface area contributed by atoms with Crippen LogP contribution in [0.4, 0.5) is 0 Å². The van der Waals surface area contributed by atoms with E-state index in [0.717, 1.165) is 37.3 Å². The second-order valence-electron chi connectivity index (χ2n) is 7.57. The molecule has 1 saturated heterocycles. The van der Waals surface area contributed by atoms with Crippen LogP contribution < -0.4 is 5.56 Å². The Balaban J connectivity index is 1.30. The summed E-state index contributed by atoms with van der Waals surface area (Å²) in [7, 11) is 0. The summed E-state index contributed by atoms with van der Waals surface area (Å²) in [6, 6.07) is 15.6. The molecule has 1 aromatic heterocycles. The lowest BCUT2D eigenvalue weighted by Gasteiger charge is -2.43. The number of piperidine rings is 1.